The number of rotatable bonds is 3. The smallest absolute Gasteiger partial charge is 0.158 e. The fourth-order valence-corrected chi connectivity index (χ4v) is 2.07. The van der Waals surface area contributed by atoms with Crippen molar-refractivity contribution >= 4 is 11.9 Å². The molecule has 3 rings (SSSR count). The number of aromatic nitrogens is 3. The van der Waals surface area contributed by atoms with E-state index in [1.807, 2.05) is 0 Å². The number of hydrogen-bond donors (Lipinski definition) is 1. The lowest BCUT2D eigenvalue weighted by atomic mass is 10.1. The van der Waals surface area contributed by atoms with Crippen molar-refractivity contribution in [2.75, 3.05) is 0 Å². The fourth-order valence-electron chi connectivity index (χ4n) is 2.07. The van der Waals surface area contributed by atoms with E-state index in [4.69, 9.17) is 5.41 Å². The van der Waals surface area contributed by atoms with Crippen LogP contribution in [0.4, 0.5) is 8.78 Å². The van der Waals surface area contributed by atoms with Crippen molar-refractivity contribution in [1.82, 2.24) is 14.4 Å². The van der Waals surface area contributed by atoms with E-state index in [-0.39, 0.29) is 12.0 Å². The lowest BCUT2D eigenvalue weighted by molar-refractivity contribution is 0.588. The molecule has 0 aliphatic carbocycles. The SMILES string of the molecule is N=Cc1cn2ccnc2c(Cc2cc(F)ccc2F)n1. The van der Waals surface area contributed by atoms with Crippen LogP contribution in [-0.4, -0.2) is 20.6 Å². The van der Waals surface area contributed by atoms with Crippen molar-refractivity contribution in [2.24, 2.45) is 0 Å². The van der Waals surface area contributed by atoms with Crippen molar-refractivity contribution in [2.45, 2.75) is 6.42 Å². The molecule has 0 spiro atoms. The van der Waals surface area contributed by atoms with Gasteiger partial charge in [-0.2, -0.15) is 0 Å². The van der Waals surface area contributed by atoms with E-state index in [2.05, 4.69) is 9.97 Å². The van der Waals surface area contributed by atoms with Crippen LogP contribution in [0.15, 0.2) is 36.8 Å². The Balaban J connectivity index is 2.11. The molecule has 0 aliphatic heterocycles. The molecule has 0 saturated heterocycles. The highest BCUT2D eigenvalue weighted by Crippen LogP contribution is 2.17. The van der Waals surface area contributed by atoms with Crippen LogP contribution in [0, 0.1) is 17.0 Å². The van der Waals surface area contributed by atoms with Gasteiger partial charge in [0.25, 0.3) is 0 Å². The Morgan fingerprint density at radius 2 is 2.15 bits per heavy atom. The third-order valence-corrected chi connectivity index (χ3v) is 2.98. The molecule has 0 fully saturated rings. The van der Waals surface area contributed by atoms with Gasteiger partial charge in [-0.25, -0.2) is 18.7 Å². The predicted octanol–water partition coefficient (Wildman–Crippen LogP) is 2.60. The van der Waals surface area contributed by atoms with Gasteiger partial charge in [0.2, 0.25) is 0 Å². The zero-order valence-corrected chi connectivity index (χ0v) is 10.3. The summed E-state index contributed by atoms with van der Waals surface area (Å²) < 4.78 is 28.6. The summed E-state index contributed by atoms with van der Waals surface area (Å²) in [4.78, 5) is 8.39. The Bertz CT molecular complexity index is 795. The molecule has 20 heavy (non-hydrogen) atoms. The first-order valence-electron chi connectivity index (χ1n) is 5.94. The first-order chi connectivity index (χ1) is 9.67. The van der Waals surface area contributed by atoms with E-state index in [0.717, 1.165) is 24.4 Å². The van der Waals surface area contributed by atoms with Crippen molar-refractivity contribution < 1.29 is 8.78 Å². The van der Waals surface area contributed by atoms with Gasteiger partial charge in [-0.1, -0.05) is 0 Å². The van der Waals surface area contributed by atoms with Gasteiger partial charge in [0.15, 0.2) is 5.65 Å². The molecule has 1 aromatic carbocycles. The van der Waals surface area contributed by atoms with Gasteiger partial charge in [-0.3, -0.25) is 0 Å². The molecule has 0 radical (unpaired) electrons. The first-order valence-corrected chi connectivity index (χ1v) is 5.94. The van der Waals surface area contributed by atoms with E-state index in [1.54, 1.807) is 23.0 Å². The van der Waals surface area contributed by atoms with Gasteiger partial charge in [0.1, 0.15) is 11.6 Å². The van der Waals surface area contributed by atoms with Crippen LogP contribution in [0.25, 0.3) is 5.65 Å². The standard InChI is InChI=1S/C14H10F2N4/c15-10-1-2-12(16)9(5-10)6-13-14-18-3-4-20(14)8-11(7-17)19-13/h1-5,7-8,17H,6H2. The van der Waals surface area contributed by atoms with Gasteiger partial charge >= 0.3 is 0 Å². The topological polar surface area (TPSA) is 54.0 Å². The highest BCUT2D eigenvalue weighted by atomic mass is 19.1. The number of nitrogens with zero attached hydrogens (tertiary/aromatic N) is 3. The van der Waals surface area contributed by atoms with Crippen LogP contribution in [0.5, 0.6) is 0 Å². The second-order valence-electron chi connectivity index (χ2n) is 4.33. The molecule has 0 unspecified atom stereocenters. The number of hydrogen-bond acceptors (Lipinski definition) is 3. The molecule has 0 aliphatic rings. The fraction of sp³-hybridized carbons (Fsp3) is 0.0714. The van der Waals surface area contributed by atoms with Gasteiger partial charge < -0.3 is 9.81 Å². The zero-order chi connectivity index (χ0) is 14.1. The molecule has 0 saturated carbocycles. The van der Waals surface area contributed by atoms with Crippen molar-refractivity contribution in [3.63, 3.8) is 0 Å². The second-order valence-corrected chi connectivity index (χ2v) is 4.33. The lowest BCUT2D eigenvalue weighted by Crippen LogP contribution is -2.03. The Morgan fingerprint density at radius 3 is 2.95 bits per heavy atom. The molecular formula is C14H10F2N4. The molecule has 0 bridgehead atoms. The molecule has 4 nitrogen and oxygen atoms in total. The Hall–Kier alpha value is -2.63. The van der Waals surface area contributed by atoms with Crippen LogP contribution < -0.4 is 0 Å². The summed E-state index contributed by atoms with van der Waals surface area (Å²) in [5.74, 6) is -0.984. The Kier molecular flexibility index (Phi) is 2.98. The van der Waals surface area contributed by atoms with Crippen LogP contribution in [0.3, 0.4) is 0 Å². The van der Waals surface area contributed by atoms with Crippen molar-refractivity contribution in [1.29, 1.82) is 5.41 Å². The maximum atomic E-state index is 13.7. The summed E-state index contributed by atoms with van der Waals surface area (Å²) >= 11 is 0. The molecule has 2 aromatic heterocycles. The quantitative estimate of drug-likeness (QED) is 0.745. The van der Waals surface area contributed by atoms with E-state index in [0.29, 0.717) is 17.0 Å². The second kappa shape index (κ2) is 4.80. The summed E-state index contributed by atoms with van der Waals surface area (Å²) in [5.41, 5.74) is 1.71. The third-order valence-electron chi connectivity index (χ3n) is 2.98. The average molecular weight is 272 g/mol. The van der Waals surface area contributed by atoms with E-state index < -0.39 is 11.6 Å². The number of benzene rings is 1. The van der Waals surface area contributed by atoms with E-state index in [1.165, 1.54) is 0 Å². The van der Waals surface area contributed by atoms with E-state index >= 15 is 0 Å². The molecule has 100 valence electrons. The molecule has 6 heteroatoms. The van der Waals surface area contributed by atoms with Crippen LogP contribution in [0.1, 0.15) is 17.0 Å². The average Bonchev–Trinajstić information content (AvgIpc) is 2.91. The first kappa shape index (κ1) is 12.4. The highest BCUT2D eigenvalue weighted by Gasteiger charge is 2.11. The monoisotopic (exact) mass is 272 g/mol. The minimum absolute atomic E-state index is 0.117. The van der Waals surface area contributed by atoms with Gasteiger partial charge in [-0.05, 0) is 23.8 Å². The third kappa shape index (κ3) is 2.16. The molecule has 0 amide bonds. The minimum Gasteiger partial charge on any atom is -0.306 e. The number of nitrogens with one attached hydrogen (secondary N) is 1. The lowest BCUT2D eigenvalue weighted by Gasteiger charge is -2.06. The minimum atomic E-state index is -0.496. The van der Waals surface area contributed by atoms with Gasteiger partial charge in [-0.15, -0.1) is 0 Å². The molecule has 0 atom stereocenters. The summed E-state index contributed by atoms with van der Waals surface area (Å²) in [6, 6.07) is 3.31. The summed E-state index contributed by atoms with van der Waals surface area (Å²) in [6.45, 7) is 0. The van der Waals surface area contributed by atoms with Crippen molar-refractivity contribution in [3.8, 4) is 0 Å². The molecule has 2 heterocycles. The number of fused-ring (bicyclic) bond motifs is 1. The van der Waals surface area contributed by atoms with Gasteiger partial charge in [0.05, 0.1) is 11.4 Å². The maximum Gasteiger partial charge on any atom is 0.158 e. The molecule has 3 aromatic rings. The van der Waals surface area contributed by atoms with Crippen LogP contribution in [-0.2, 0) is 6.42 Å². The zero-order valence-electron chi connectivity index (χ0n) is 10.3. The Morgan fingerprint density at radius 1 is 1.30 bits per heavy atom. The maximum absolute atomic E-state index is 13.7. The highest BCUT2D eigenvalue weighted by molar-refractivity contribution is 5.74. The van der Waals surface area contributed by atoms with Gasteiger partial charge in [0, 0.05) is 31.2 Å². The normalized spacial score (nSPS) is 10.9. The van der Waals surface area contributed by atoms with Crippen LogP contribution >= 0.6 is 0 Å². The Labute approximate surface area is 113 Å². The van der Waals surface area contributed by atoms with Crippen LogP contribution in [0.2, 0.25) is 0 Å². The largest absolute Gasteiger partial charge is 0.306 e. The summed E-state index contributed by atoms with van der Waals surface area (Å²) in [7, 11) is 0. The number of halogens is 2. The predicted molar refractivity (Wildman–Crippen MR) is 70.0 cm³/mol. The van der Waals surface area contributed by atoms with E-state index in [9.17, 15) is 8.78 Å². The number of imidazole rings is 1. The van der Waals surface area contributed by atoms with Crippen molar-refractivity contribution in [3.05, 3.63) is 65.4 Å². The molecule has 1 N–H and O–H groups in total. The summed E-state index contributed by atoms with van der Waals surface area (Å²) in [6.07, 6.45) is 6.18. The molecular weight excluding hydrogens is 262 g/mol. The summed E-state index contributed by atoms with van der Waals surface area (Å²) in [5, 5.41) is 7.27.